The van der Waals surface area contributed by atoms with E-state index in [4.69, 9.17) is 27.0 Å². The molecule has 0 aromatic heterocycles. The van der Waals surface area contributed by atoms with Gasteiger partial charge in [0.2, 0.25) is 9.05 Å². The van der Waals surface area contributed by atoms with Gasteiger partial charge in [0, 0.05) is 10.7 Å². The molecule has 0 aliphatic carbocycles. The SMILES string of the molecule is CC(C)Oc1ccc(CCS(=O)(=O)Cl)cc1Cl. The van der Waals surface area contributed by atoms with E-state index in [1.807, 2.05) is 13.8 Å². The molecule has 1 aromatic carbocycles. The van der Waals surface area contributed by atoms with Crippen LogP contribution in [-0.2, 0) is 15.5 Å². The van der Waals surface area contributed by atoms with Gasteiger partial charge in [-0.05, 0) is 38.0 Å². The van der Waals surface area contributed by atoms with Crippen molar-refractivity contribution in [2.24, 2.45) is 0 Å². The van der Waals surface area contributed by atoms with Gasteiger partial charge in [0.1, 0.15) is 5.75 Å². The summed E-state index contributed by atoms with van der Waals surface area (Å²) in [5, 5.41) is 0.475. The van der Waals surface area contributed by atoms with Crippen LogP contribution in [0.1, 0.15) is 19.4 Å². The molecule has 0 aliphatic rings. The number of ether oxygens (including phenoxy) is 1. The first-order valence-electron chi connectivity index (χ1n) is 5.15. The zero-order chi connectivity index (χ0) is 13.1. The van der Waals surface area contributed by atoms with Crippen molar-refractivity contribution in [1.29, 1.82) is 0 Å². The Labute approximate surface area is 111 Å². The highest BCUT2D eigenvalue weighted by atomic mass is 35.7. The second kappa shape index (κ2) is 5.94. The molecule has 96 valence electrons. The summed E-state index contributed by atoms with van der Waals surface area (Å²) in [6.07, 6.45) is 0.384. The normalized spacial score (nSPS) is 11.8. The first-order valence-corrected chi connectivity index (χ1v) is 8.01. The largest absolute Gasteiger partial charge is 0.489 e. The molecule has 0 unspecified atom stereocenters. The maximum absolute atomic E-state index is 10.8. The Morgan fingerprint density at radius 3 is 2.47 bits per heavy atom. The van der Waals surface area contributed by atoms with Crippen LogP contribution < -0.4 is 4.74 Å². The average molecular weight is 297 g/mol. The highest BCUT2D eigenvalue weighted by molar-refractivity contribution is 8.13. The molecule has 0 atom stereocenters. The fraction of sp³-hybridized carbons (Fsp3) is 0.455. The molecule has 1 rings (SSSR count). The molecule has 1 aromatic rings. The maximum atomic E-state index is 10.8. The molecule has 0 aliphatic heterocycles. The molecular formula is C11H14Cl2O3S. The Balaban J connectivity index is 2.75. The Kier molecular flexibility index (Phi) is 5.10. The summed E-state index contributed by atoms with van der Waals surface area (Å²) in [6.45, 7) is 3.81. The van der Waals surface area contributed by atoms with Crippen LogP contribution in [0.2, 0.25) is 5.02 Å². The van der Waals surface area contributed by atoms with Gasteiger partial charge in [0.05, 0.1) is 16.9 Å². The monoisotopic (exact) mass is 296 g/mol. The predicted molar refractivity (Wildman–Crippen MR) is 70.6 cm³/mol. The number of halogens is 2. The van der Waals surface area contributed by atoms with Crippen LogP contribution in [0.25, 0.3) is 0 Å². The molecule has 3 nitrogen and oxygen atoms in total. The van der Waals surface area contributed by atoms with E-state index in [1.165, 1.54) is 0 Å². The molecule has 0 saturated carbocycles. The van der Waals surface area contributed by atoms with Gasteiger partial charge in [-0.1, -0.05) is 17.7 Å². The quantitative estimate of drug-likeness (QED) is 0.784. The summed E-state index contributed by atoms with van der Waals surface area (Å²) in [5.41, 5.74) is 0.815. The lowest BCUT2D eigenvalue weighted by molar-refractivity contribution is 0.242. The Bertz CT molecular complexity index is 483. The van der Waals surface area contributed by atoms with Gasteiger partial charge in [0.25, 0.3) is 0 Å². The van der Waals surface area contributed by atoms with E-state index >= 15 is 0 Å². The minimum absolute atomic E-state index is 0.0431. The molecule has 0 N–H and O–H groups in total. The second-order valence-corrected chi connectivity index (χ2v) is 7.23. The summed E-state index contributed by atoms with van der Waals surface area (Å²) in [7, 11) is 1.67. The molecule has 0 radical (unpaired) electrons. The van der Waals surface area contributed by atoms with Gasteiger partial charge in [-0.3, -0.25) is 0 Å². The minimum Gasteiger partial charge on any atom is -0.489 e. The van der Waals surface area contributed by atoms with E-state index in [0.717, 1.165) is 5.56 Å². The number of aryl methyl sites for hydroxylation is 1. The zero-order valence-electron chi connectivity index (χ0n) is 9.61. The molecule has 6 heteroatoms. The van der Waals surface area contributed by atoms with E-state index < -0.39 is 9.05 Å². The van der Waals surface area contributed by atoms with Crippen molar-refractivity contribution in [3.63, 3.8) is 0 Å². The third kappa shape index (κ3) is 5.61. The third-order valence-corrected chi connectivity index (χ3v) is 3.44. The van der Waals surface area contributed by atoms with Crippen LogP contribution in [-0.4, -0.2) is 20.3 Å². The Morgan fingerprint density at radius 1 is 1.35 bits per heavy atom. The number of hydrogen-bond acceptors (Lipinski definition) is 3. The van der Waals surface area contributed by atoms with Crippen molar-refractivity contribution in [3.05, 3.63) is 28.8 Å². The molecule has 0 amide bonds. The van der Waals surface area contributed by atoms with Gasteiger partial charge < -0.3 is 4.74 Å². The fourth-order valence-electron chi connectivity index (χ4n) is 1.29. The summed E-state index contributed by atoms with van der Waals surface area (Å²) in [5.74, 6) is 0.495. The summed E-state index contributed by atoms with van der Waals surface area (Å²) >= 11 is 6.02. The second-order valence-electron chi connectivity index (χ2n) is 3.92. The smallest absolute Gasteiger partial charge is 0.232 e. The van der Waals surface area contributed by atoms with Crippen LogP contribution in [0.3, 0.4) is 0 Å². The average Bonchev–Trinajstić information content (AvgIpc) is 2.17. The van der Waals surface area contributed by atoms with E-state index in [0.29, 0.717) is 17.2 Å². The first kappa shape index (κ1) is 14.6. The minimum atomic E-state index is -3.47. The van der Waals surface area contributed by atoms with Gasteiger partial charge >= 0.3 is 0 Å². The van der Waals surface area contributed by atoms with Crippen molar-refractivity contribution < 1.29 is 13.2 Å². The van der Waals surface area contributed by atoms with Crippen molar-refractivity contribution in [3.8, 4) is 5.75 Å². The number of hydrogen-bond donors (Lipinski definition) is 0. The summed E-state index contributed by atoms with van der Waals surface area (Å²) in [6, 6.07) is 5.21. The van der Waals surface area contributed by atoms with Crippen LogP contribution in [0.5, 0.6) is 5.75 Å². The van der Waals surface area contributed by atoms with E-state index in [1.54, 1.807) is 18.2 Å². The lowest BCUT2D eigenvalue weighted by Crippen LogP contribution is -2.06. The van der Waals surface area contributed by atoms with Crippen LogP contribution in [0.4, 0.5) is 0 Å². The van der Waals surface area contributed by atoms with Gasteiger partial charge in [0.15, 0.2) is 0 Å². The van der Waals surface area contributed by atoms with Gasteiger partial charge in [-0.25, -0.2) is 8.42 Å². The summed E-state index contributed by atoms with van der Waals surface area (Å²) in [4.78, 5) is 0. The summed E-state index contributed by atoms with van der Waals surface area (Å²) < 4.78 is 27.1. The van der Waals surface area contributed by atoms with Crippen LogP contribution in [0.15, 0.2) is 18.2 Å². The molecule has 0 fully saturated rings. The maximum Gasteiger partial charge on any atom is 0.232 e. The topological polar surface area (TPSA) is 43.4 Å². The molecule has 0 heterocycles. The fourth-order valence-corrected chi connectivity index (χ4v) is 2.25. The molecule has 17 heavy (non-hydrogen) atoms. The Morgan fingerprint density at radius 2 is 2.00 bits per heavy atom. The van der Waals surface area contributed by atoms with E-state index in [2.05, 4.69) is 0 Å². The highest BCUT2D eigenvalue weighted by Gasteiger charge is 2.08. The number of benzene rings is 1. The lowest BCUT2D eigenvalue weighted by Gasteiger charge is -2.12. The van der Waals surface area contributed by atoms with Gasteiger partial charge in [-0.2, -0.15) is 0 Å². The van der Waals surface area contributed by atoms with E-state index in [-0.39, 0.29) is 11.9 Å². The zero-order valence-corrected chi connectivity index (χ0v) is 11.9. The molecule has 0 spiro atoms. The third-order valence-electron chi connectivity index (χ3n) is 1.99. The first-order chi connectivity index (χ1) is 7.78. The standard InChI is InChI=1S/C11H14Cl2O3S/c1-8(2)16-11-4-3-9(7-10(11)12)5-6-17(13,14)15/h3-4,7-8H,5-6H2,1-2H3. The van der Waals surface area contributed by atoms with E-state index in [9.17, 15) is 8.42 Å². The predicted octanol–water partition coefficient (Wildman–Crippen LogP) is 3.24. The van der Waals surface area contributed by atoms with Crippen molar-refractivity contribution in [2.45, 2.75) is 26.4 Å². The van der Waals surface area contributed by atoms with Crippen LogP contribution in [0, 0.1) is 0 Å². The molecule has 0 saturated heterocycles. The number of rotatable bonds is 5. The van der Waals surface area contributed by atoms with Gasteiger partial charge in [-0.15, -0.1) is 0 Å². The lowest BCUT2D eigenvalue weighted by atomic mass is 10.2. The Hall–Kier alpha value is -0.450. The molecular weight excluding hydrogens is 283 g/mol. The highest BCUT2D eigenvalue weighted by Crippen LogP contribution is 2.26. The van der Waals surface area contributed by atoms with Crippen LogP contribution >= 0.6 is 22.3 Å². The van der Waals surface area contributed by atoms with Crippen molar-refractivity contribution in [2.75, 3.05) is 5.75 Å². The van der Waals surface area contributed by atoms with Crippen molar-refractivity contribution in [1.82, 2.24) is 0 Å². The van der Waals surface area contributed by atoms with Crippen molar-refractivity contribution >= 4 is 31.3 Å². The molecule has 0 bridgehead atoms.